The largest absolute Gasteiger partial charge is 0.451 e. The maximum atomic E-state index is 5.59. The van der Waals surface area contributed by atoms with Gasteiger partial charge in [0.15, 0.2) is 6.39 Å². The molecule has 1 fully saturated rings. The van der Waals surface area contributed by atoms with Gasteiger partial charge in [0, 0.05) is 13.1 Å². The molecule has 84 valence electrons. The molecule has 1 aliphatic heterocycles. The van der Waals surface area contributed by atoms with Crippen LogP contribution in [0.3, 0.4) is 0 Å². The number of nitrogens with two attached hydrogens (primary N) is 1. The number of likely N-dealkylation sites (tertiary alicyclic amines) is 1. The van der Waals surface area contributed by atoms with Crippen molar-refractivity contribution in [1.29, 1.82) is 0 Å². The molecule has 0 spiro atoms. The monoisotopic (exact) mass is 209 g/mol. The molecule has 1 saturated heterocycles. The molecule has 1 aromatic heterocycles. The van der Waals surface area contributed by atoms with Gasteiger partial charge in [-0.25, -0.2) is 4.98 Å². The van der Waals surface area contributed by atoms with Crippen molar-refractivity contribution in [2.24, 2.45) is 11.7 Å². The lowest BCUT2D eigenvalue weighted by Crippen LogP contribution is -2.35. The summed E-state index contributed by atoms with van der Waals surface area (Å²) in [5, 5.41) is 0. The predicted molar refractivity (Wildman–Crippen MR) is 58.2 cm³/mol. The number of rotatable bonds is 4. The van der Waals surface area contributed by atoms with E-state index in [9.17, 15) is 0 Å². The second-order valence-corrected chi connectivity index (χ2v) is 4.30. The van der Waals surface area contributed by atoms with Crippen molar-refractivity contribution >= 4 is 0 Å². The molecule has 4 heteroatoms. The fraction of sp³-hybridized carbons (Fsp3) is 0.727. The number of nitrogens with zero attached hydrogens (tertiary/aromatic N) is 2. The minimum atomic E-state index is 0.774. The Kier molecular flexibility index (Phi) is 3.75. The summed E-state index contributed by atoms with van der Waals surface area (Å²) in [5.74, 6) is 0.774. The Bertz CT molecular complexity index is 271. The second kappa shape index (κ2) is 5.28. The van der Waals surface area contributed by atoms with Gasteiger partial charge in [-0.1, -0.05) is 0 Å². The van der Waals surface area contributed by atoms with Gasteiger partial charge in [0.05, 0.1) is 5.69 Å². The summed E-state index contributed by atoms with van der Waals surface area (Å²) < 4.78 is 4.97. The van der Waals surface area contributed by atoms with E-state index >= 15 is 0 Å². The predicted octanol–water partition coefficient (Wildman–Crippen LogP) is 1.24. The highest BCUT2D eigenvalue weighted by Gasteiger charge is 2.19. The molecule has 0 saturated carbocycles. The summed E-state index contributed by atoms with van der Waals surface area (Å²) >= 11 is 0. The van der Waals surface area contributed by atoms with E-state index in [1.165, 1.54) is 25.8 Å². The molecule has 4 nitrogen and oxygen atoms in total. The van der Waals surface area contributed by atoms with Gasteiger partial charge in [0.2, 0.25) is 0 Å². The first-order chi connectivity index (χ1) is 7.38. The molecule has 1 unspecified atom stereocenters. The standard InChI is InChI=1S/C11H19N3O/c12-4-3-10-2-1-5-14(6-10)7-11-8-15-9-13-11/h8-10H,1-7,12H2. The van der Waals surface area contributed by atoms with Gasteiger partial charge in [-0.2, -0.15) is 0 Å². The minimum Gasteiger partial charge on any atom is -0.451 e. The zero-order valence-corrected chi connectivity index (χ0v) is 9.06. The number of aromatic nitrogens is 1. The fourth-order valence-corrected chi connectivity index (χ4v) is 2.31. The third-order valence-corrected chi connectivity index (χ3v) is 3.05. The first-order valence-corrected chi connectivity index (χ1v) is 5.68. The van der Waals surface area contributed by atoms with E-state index in [-0.39, 0.29) is 0 Å². The summed E-state index contributed by atoms with van der Waals surface area (Å²) in [6.07, 6.45) is 6.98. The van der Waals surface area contributed by atoms with Gasteiger partial charge in [-0.3, -0.25) is 4.90 Å². The third kappa shape index (κ3) is 3.04. The molecule has 0 aromatic carbocycles. The first-order valence-electron chi connectivity index (χ1n) is 5.68. The van der Waals surface area contributed by atoms with E-state index in [4.69, 9.17) is 10.2 Å². The van der Waals surface area contributed by atoms with E-state index in [1.54, 1.807) is 6.26 Å². The van der Waals surface area contributed by atoms with Crippen LogP contribution < -0.4 is 5.73 Å². The number of oxazole rings is 1. The lowest BCUT2D eigenvalue weighted by molar-refractivity contribution is 0.161. The third-order valence-electron chi connectivity index (χ3n) is 3.05. The minimum absolute atomic E-state index is 0.774. The van der Waals surface area contributed by atoms with Gasteiger partial charge in [-0.05, 0) is 38.3 Å². The Morgan fingerprint density at radius 2 is 2.53 bits per heavy atom. The molecule has 0 amide bonds. The lowest BCUT2D eigenvalue weighted by Gasteiger charge is -2.31. The van der Waals surface area contributed by atoms with Crippen LogP contribution in [0.2, 0.25) is 0 Å². The molecule has 2 N–H and O–H groups in total. The van der Waals surface area contributed by atoms with E-state index in [2.05, 4.69) is 9.88 Å². The summed E-state index contributed by atoms with van der Waals surface area (Å²) in [6, 6.07) is 0. The second-order valence-electron chi connectivity index (χ2n) is 4.30. The van der Waals surface area contributed by atoms with Crippen molar-refractivity contribution in [3.63, 3.8) is 0 Å². The molecule has 0 radical (unpaired) electrons. The van der Waals surface area contributed by atoms with Crippen molar-refractivity contribution < 1.29 is 4.42 Å². The van der Waals surface area contributed by atoms with Gasteiger partial charge in [-0.15, -0.1) is 0 Å². The SMILES string of the molecule is NCCC1CCCN(Cc2cocn2)C1. The molecule has 0 bridgehead atoms. The quantitative estimate of drug-likeness (QED) is 0.810. The van der Waals surface area contributed by atoms with Crippen LogP contribution in [-0.4, -0.2) is 29.5 Å². The molecule has 2 rings (SSSR count). The van der Waals surface area contributed by atoms with E-state index in [1.807, 2.05) is 0 Å². The molecule has 1 aliphatic rings. The number of piperidine rings is 1. The molecule has 2 heterocycles. The maximum absolute atomic E-state index is 5.59. The van der Waals surface area contributed by atoms with Gasteiger partial charge in [0.1, 0.15) is 6.26 Å². The van der Waals surface area contributed by atoms with Crippen LogP contribution in [0.25, 0.3) is 0 Å². The molecular formula is C11H19N3O. The highest BCUT2D eigenvalue weighted by molar-refractivity contribution is 4.91. The maximum Gasteiger partial charge on any atom is 0.180 e. The van der Waals surface area contributed by atoms with Crippen LogP contribution in [0.4, 0.5) is 0 Å². The Hall–Kier alpha value is -0.870. The molecule has 1 aromatic rings. The van der Waals surface area contributed by atoms with Crippen LogP contribution >= 0.6 is 0 Å². The van der Waals surface area contributed by atoms with Crippen LogP contribution in [0.5, 0.6) is 0 Å². The zero-order chi connectivity index (χ0) is 10.5. The van der Waals surface area contributed by atoms with E-state index < -0.39 is 0 Å². The Morgan fingerprint density at radius 3 is 3.27 bits per heavy atom. The van der Waals surface area contributed by atoms with Gasteiger partial charge >= 0.3 is 0 Å². The van der Waals surface area contributed by atoms with Gasteiger partial charge < -0.3 is 10.2 Å². The number of hydrogen-bond acceptors (Lipinski definition) is 4. The van der Waals surface area contributed by atoms with Crippen molar-refractivity contribution in [2.45, 2.75) is 25.8 Å². The van der Waals surface area contributed by atoms with Crippen molar-refractivity contribution in [3.8, 4) is 0 Å². The normalized spacial score (nSPS) is 23.1. The topological polar surface area (TPSA) is 55.3 Å². The molecule has 1 atom stereocenters. The van der Waals surface area contributed by atoms with Crippen LogP contribution in [0.15, 0.2) is 17.1 Å². The van der Waals surface area contributed by atoms with Crippen LogP contribution in [0, 0.1) is 5.92 Å². The Balaban J connectivity index is 1.82. The first kappa shape index (κ1) is 10.6. The van der Waals surface area contributed by atoms with Gasteiger partial charge in [0.25, 0.3) is 0 Å². The van der Waals surface area contributed by atoms with E-state index in [0.717, 1.165) is 37.7 Å². The Labute approximate surface area is 90.5 Å². The summed E-state index contributed by atoms with van der Waals surface area (Å²) in [5.41, 5.74) is 6.63. The summed E-state index contributed by atoms with van der Waals surface area (Å²) in [4.78, 5) is 6.59. The average Bonchev–Trinajstić information content (AvgIpc) is 2.71. The van der Waals surface area contributed by atoms with Crippen LogP contribution in [0.1, 0.15) is 25.0 Å². The van der Waals surface area contributed by atoms with Crippen LogP contribution in [-0.2, 0) is 6.54 Å². The summed E-state index contributed by atoms with van der Waals surface area (Å²) in [7, 11) is 0. The molecular weight excluding hydrogens is 190 g/mol. The average molecular weight is 209 g/mol. The highest BCUT2D eigenvalue weighted by Crippen LogP contribution is 2.20. The Morgan fingerprint density at radius 1 is 1.60 bits per heavy atom. The molecule has 0 aliphatic carbocycles. The fourth-order valence-electron chi connectivity index (χ4n) is 2.31. The van der Waals surface area contributed by atoms with Crippen molar-refractivity contribution in [2.75, 3.05) is 19.6 Å². The van der Waals surface area contributed by atoms with Crippen molar-refractivity contribution in [3.05, 3.63) is 18.4 Å². The summed E-state index contributed by atoms with van der Waals surface area (Å²) in [6.45, 7) is 4.05. The smallest absolute Gasteiger partial charge is 0.180 e. The van der Waals surface area contributed by atoms with Crippen molar-refractivity contribution in [1.82, 2.24) is 9.88 Å². The molecule has 15 heavy (non-hydrogen) atoms. The highest BCUT2D eigenvalue weighted by atomic mass is 16.3. The van der Waals surface area contributed by atoms with E-state index in [0.29, 0.717) is 0 Å². The lowest BCUT2D eigenvalue weighted by atomic mass is 9.95. The zero-order valence-electron chi connectivity index (χ0n) is 9.06. The number of hydrogen-bond donors (Lipinski definition) is 1.